The van der Waals surface area contributed by atoms with Crippen molar-refractivity contribution < 1.29 is 9.21 Å². The molecule has 110 valence electrons. The van der Waals surface area contributed by atoms with Gasteiger partial charge in [0.2, 0.25) is 5.78 Å². The molecule has 3 rings (SSSR count). The van der Waals surface area contributed by atoms with Gasteiger partial charge in [-0.25, -0.2) is 4.98 Å². The van der Waals surface area contributed by atoms with Crippen molar-refractivity contribution in [3.63, 3.8) is 0 Å². The lowest BCUT2D eigenvalue weighted by Gasteiger charge is -2.30. The van der Waals surface area contributed by atoms with Gasteiger partial charge in [0, 0.05) is 12.5 Å². The van der Waals surface area contributed by atoms with Crippen molar-refractivity contribution in [2.75, 3.05) is 13.1 Å². The topological polar surface area (TPSA) is 46.3 Å². The summed E-state index contributed by atoms with van der Waals surface area (Å²) in [6.45, 7) is 4.97. The summed E-state index contributed by atoms with van der Waals surface area (Å²) in [4.78, 5) is 18.6. The lowest BCUT2D eigenvalue weighted by molar-refractivity contribution is 0.0799. The van der Waals surface area contributed by atoms with E-state index in [0.717, 1.165) is 32.5 Å². The summed E-state index contributed by atoms with van der Waals surface area (Å²) in [7, 11) is 0. The quantitative estimate of drug-likeness (QED) is 0.809. The summed E-state index contributed by atoms with van der Waals surface area (Å²) >= 11 is 0. The second-order valence-electron chi connectivity index (χ2n) is 5.74. The van der Waals surface area contributed by atoms with Gasteiger partial charge in [-0.15, -0.1) is 0 Å². The lowest BCUT2D eigenvalue weighted by atomic mass is 9.92. The molecule has 0 N–H and O–H groups in total. The maximum Gasteiger partial charge on any atom is 0.263 e. The second kappa shape index (κ2) is 6.22. The van der Waals surface area contributed by atoms with Gasteiger partial charge in [0.05, 0.1) is 6.20 Å². The maximum atomic E-state index is 12.2. The third-order valence-electron chi connectivity index (χ3n) is 4.09. The molecule has 2 aromatic rings. The number of rotatable bonds is 4. The molecule has 0 bridgehead atoms. The van der Waals surface area contributed by atoms with Gasteiger partial charge in [0.15, 0.2) is 0 Å². The lowest BCUT2D eigenvalue weighted by Crippen LogP contribution is -2.36. The van der Waals surface area contributed by atoms with E-state index in [0.29, 0.717) is 0 Å². The molecule has 0 radical (unpaired) electrons. The third-order valence-corrected chi connectivity index (χ3v) is 4.09. The fourth-order valence-electron chi connectivity index (χ4n) is 2.94. The number of ketones is 1. The van der Waals surface area contributed by atoms with Crippen LogP contribution in [-0.4, -0.2) is 28.8 Å². The van der Waals surface area contributed by atoms with Crippen LogP contribution in [0.1, 0.15) is 34.7 Å². The van der Waals surface area contributed by atoms with E-state index >= 15 is 0 Å². The van der Waals surface area contributed by atoms with Gasteiger partial charge >= 0.3 is 0 Å². The number of aryl methyl sites for hydroxylation is 1. The number of aromatic nitrogens is 1. The summed E-state index contributed by atoms with van der Waals surface area (Å²) in [5.41, 5.74) is 2.63. The van der Waals surface area contributed by atoms with Crippen LogP contribution < -0.4 is 0 Å². The first-order valence-corrected chi connectivity index (χ1v) is 7.44. The van der Waals surface area contributed by atoms with Gasteiger partial charge in [0.1, 0.15) is 6.26 Å². The van der Waals surface area contributed by atoms with Crippen LogP contribution in [0.2, 0.25) is 0 Å². The molecule has 4 nitrogen and oxygen atoms in total. The number of nitrogens with zero attached hydrogens (tertiary/aromatic N) is 2. The smallest absolute Gasteiger partial charge is 0.263 e. The molecule has 21 heavy (non-hydrogen) atoms. The Morgan fingerprint density at radius 3 is 2.86 bits per heavy atom. The SMILES string of the molecule is Cc1cccc(CN2CCC(C(=O)c3ncco3)CC2)c1. The van der Waals surface area contributed by atoms with Crippen molar-refractivity contribution >= 4 is 5.78 Å². The molecule has 0 saturated carbocycles. The molecule has 2 heterocycles. The number of carbonyl (C=O) groups is 1. The average Bonchev–Trinajstić information content (AvgIpc) is 3.01. The molecule has 1 aromatic heterocycles. The van der Waals surface area contributed by atoms with Gasteiger partial charge < -0.3 is 4.42 Å². The van der Waals surface area contributed by atoms with E-state index in [4.69, 9.17) is 4.42 Å². The zero-order valence-corrected chi connectivity index (χ0v) is 12.3. The van der Waals surface area contributed by atoms with E-state index in [9.17, 15) is 4.79 Å². The van der Waals surface area contributed by atoms with Crippen LogP contribution in [0, 0.1) is 12.8 Å². The Morgan fingerprint density at radius 2 is 2.19 bits per heavy atom. The highest BCUT2D eigenvalue weighted by Crippen LogP contribution is 2.22. The molecule has 0 amide bonds. The molecule has 1 aromatic carbocycles. The van der Waals surface area contributed by atoms with Crippen LogP contribution in [0.5, 0.6) is 0 Å². The molecule has 1 saturated heterocycles. The number of likely N-dealkylation sites (tertiary alicyclic amines) is 1. The fourth-order valence-corrected chi connectivity index (χ4v) is 2.94. The molecule has 0 spiro atoms. The second-order valence-corrected chi connectivity index (χ2v) is 5.74. The third kappa shape index (κ3) is 3.39. The van der Waals surface area contributed by atoms with E-state index in [1.54, 1.807) is 0 Å². The number of benzene rings is 1. The first kappa shape index (κ1) is 14.0. The van der Waals surface area contributed by atoms with Gasteiger partial charge in [-0.05, 0) is 38.4 Å². The Kier molecular flexibility index (Phi) is 4.15. The molecular weight excluding hydrogens is 264 g/mol. The molecule has 1 fully saturated rings. The number of Topliss-reactive ketones (excluding diaryl/α,β-unsaturated/α-hetero) is 1. The van der Waals surface area contributed by atoms with Crippen molar-refractivity contribution in [1.82, 2.24) is 9.88 Å². The predicted molar refractivity (Wildman–Crippen MR) is 80.0 cm³/mol. The zero-order chi connectivity index (χ0) is 14.7. The van der Waals surface area contributed by atoms with Crippen LogP contribution in [0.15, 0.2) is 41.1 Å². The highest BCUT2D eigenvalue weighted by atomic mass is 16.3. The standard InChI is InChI=1S/C17H20N2O2/c1-13-3-2-4-14(11-13)12-19-8-5-15(6-9-19)16(20)17-18-7-10-21-17/h2-4,7,10-11,15H,5-6,8-9,12H2,1H3. The van der Waals surface area contributed by atoms with Crippen LogP contribution >= 0.6 is 0 Å². The minimum atomic E-state index is 0.0511. The van der Waals surface area contributed by atoms with Crippen LogP contribution in [0.25, 0.3) is 0 Å². The van der Waals surface area contributed by atoms with Crippen molar-refractivity contribution in [3.8, 4) is 0 Å². The summed E-state index contributed by atoms with van der Waals surface area (Å²) < 4.78 is 5.11. The van der Waals surface area contributed by atoms with Crippen molar-refractivity contribution in [2.45, 2.75) is 26.3 Å². The summed E-state index contributed by atoms with van der Waals surface area (Å²) in [5, 5.41) is 0. The highest BCUT2D eigenvalue weighted by Gasteiger charge is 2.28. The Morgan fingerprint density at radius 1 is 1.38 bits per heavy atom. The van der Waals surface area contributed by atoms with Crippen molar-refractivity contribution in [2.24, 2.45) is 5.92 Å². The highest BCUT2D eigenvalue weighted by molar-refractivity contribution is 5.93. The zero-order valence-electron chi connectivity index (χ0n) is 12.3. The Labute approximate surface area is 124 Å². The largest absolute Gasteiger partial charge is 0.442 e. The normalized spacial score (nSPS) is 17.0. The first-order valence-electron chi connectivity index (χ1n) is 7.44. The first-order chi connectivity index (χ1) is 10.2. The molecule has 0 atom stereocenters. The van der Waals surface area contributed by atoms with Gasteiger partial charge in [0.25, 0.3) is 5.89 Å². The monoisotopic (exact) mass is 284 g/mol. The number of hydrogen-bond acceptors (Lipinski definition) is 4. The summed E-state index contributed by atoms with van der Waals surface area (Å²) in [6.07, 6.45) is 4.75. The molecular formula is C17H20N2O2. The minimum Gasteiger partial charge on any atom is -0.442 e. The Balaban J connectivity index is 1.54. The molecule has 0 unspecified atom stereocenters. The molecule has 1 aliphatic heterocycles. The average molecular weight is 284 g/mol. The maximum absolute atomic E-state index is 12.2. The van der Waals surface area contributed by atoms with Gasteiger partial charge in [-0.1, -0.05) is 29.8 Å². The number of oxazole rings is 1. The number of hydrogen-bond donors (Lipinski definition) is 0. The number of carbonyl (C=O) groups excluding carboxylic acids is 1. The van der Waals surface area contributed by atoms with E-state index in [2.05, 4.69) is 41.1 Å². The van der Waals surface area contributed by atoms with Crippen LogP contribution in [0.3, 0.4) is 0 Å². The molecule has 0 aliphatic carbocycles. The Hall–Kier alpha value is -1.94. The van der Waals surface area contributed by atoms with Crippen LogP contribution in [0.4, 0.5) is 0 Å². The van der Waals surface area contributed by atoms with Crippen molar-refractivity contribution in [3.05, 3.63) is 53.7 Å². The summed E-state index contributed by atoms with van der Waals surface area (Å²) in [6, 6.07) is 8.61. The fraction of sp³-hybridized carbons (Fsp3) is 0.412. The minimum absolute atomic E-state index is 0.0511. The number of piperidine rings is 1. The van der Waals surface area contributed by atoms with E-state index in [-0.39, 0.29) is 17.6 Å². The van der Waals surface area contributed by atoms with Gasteiger partial charge in [-0.2, -0.15) is 0 Å². The molecule has 4 heteroatoms. The predicted octanol–water partition coefficient (Wildman–Crippen LogP) is 3.08. The van der Waals surface area contributed by atoms with Crippen LogP contribution in [-0.2, 0) is 6.54 Å². The summed E-state index contributed by atoms with van der Waals surface area (Å²) in [5.74, 6) is 0.361. The van der Waals surface area contributed by atoms with E-state index in [1.165, 1.54) is 23.6 Å². The van der Waals surface area contributed by atoms with Gasteiger partial charge in [-0.3, -0.25) is 9.69 Å². The van der Waals surface area contributed by atoms with E-state index in [1.807, 2.05) is 0 Å². The van der Waals surface area contributed by atoms with E-state index < -0.39 is 0 Å². The van der Waals surface area contributed by atoms with Crippen molar-refractivity contribution in [1.29, 1.82) is 0 Å². The molecule has 1 aliphatic rings. The Bertz CT molecular complexity index is 599.